The average Bonchev–Trinajstić information content (AvgIpc) is 1.93. The van der Waals surface area contributed by atoms with Gasteiger partial charge in [-0.2, -0.15) is 5.10 Å². The van der Waals surface area contributed by atoms with Crippen LogP contribution in [0.3, 0.4) is 0 Å². The molecule has 0 saturated carbocycles. The SMILES string of the molecule is O=C(S)NC1=NN=CCC1=O. The van der Waals surface area contributed by atoms with Crippen LogP contribution in [0.1, 0.15) is 6.42 Å². The van der Waals surface area contributed by atoms with Crippen LogP contribution in [0.2, 0.25) is 0 Å². The Labute approximate surface area is 68.0 Å². The van der Waals surface area contributed by atoms with Crippen molar-refractivity contribution in [2.45, 2.75) is 6.42 Å². The molecule has 5 nitrogen and oxygen atoms in total. The van der Waals surface area contributed by atoms with E-state index in [-0.39, 0.29) is 18.0 Å². The highest BCUT2D eigenvalue weighted by molar-refractivity contribution is 7.96. The van der Waals surface area contributed by atoms with Crippen LogP contribution in [0.25, 0.3) is 0 Å². The molecule has 0 spiro atoms. The standard InChI is InChI=1S/C5H5N3O2S/c9-3-1-2-6-8-4(3)7-5(10)11/h2H,1H2,(H2,7,8,10,11). The Bertz CT molecular complexity index is 258. The van der Waals surface area contributed by atoms with Crippen LogP contribution in [0.5, 0.6) is 0 Å². The van der Waals surface area contributed by atoms with Crippen LogP contribution in [0, 0.1) is 0 Å². The quantitative estimate of drug-likeness (QED) is 0.503. The third-order valence-electron chi connectivity index (χ3n) is 1.01. The highest BCUT2D eigenvalue weighted by atomic mass is 32.1. The Morgan fingerprint density at radius 3 is 3.00 bits per heavy atom. The number of thiol groups is 1. The van der Waals surface area contributed by atoms with Gasteiger partial charge in [-0.1, -0.05) is 12.6 Å². The number of amidine groups is 1. The summed E-state index contributed by atoms with van der Waals surface area (Å²) < 4.78 is 0. The minimum absolute atomic E-state index is 0.0486. The van der Waals surface area contributed by atoms with Gasteiger partial charge in [-0.25, -0.2) is 0 Å². The van der Waals surface area contributed by atoms with E-state index in [0.29, 0.717) is 0 Å². The number of nitrogens with zero attached hydrogens (tertiary/aromatic N) is 2. The number of Topliss-reactive ketones (excluding diaryl/α,β-unsaturated/α-hetero) is 1. The Kier molecular flexibility index (Phi) is 2.37. The smallest absolute Gasteiger partial charge is 0.281 e. The lowest BCUT2D eigenvalue weighted by Crippen LogP contribution is -2.34. The Hall–Kier alpha value is -1.17. The van der Waals surface area contributed by atoms with Crippen LogP contribution in [0.4, 0.5) is 4.79 Å². The molecule has 1 heterocycles. The van der Waals surface area contributed by atoms with Gasteiger partial charge in [0.2, 0.25) is 5.78 Å². The van der Waals surface area contributed by atoms with Crippen molar-refractivity contribution in [2.75, 3.05) is 0 Å². The summed E-state index contributed by atoms with van der Waals surface area (Å²) in [6, 6.07) is 0. The van der Waals surface area contributed by atoms with E-state index in [9.17, 15) is 9.59 Å². The summed E-state index contributed by atoms with van der Waals surface area (Å²) in [4.78, 5) is 21.2. The van der Waals surface area contributed by atoms with Gasteiger partial charge in [0.1, 0.15) is 0 Å². The van der Waals surface area contributed by atoms with Gasteiger partial charge in [-0.05, 0) is 0 Å². The molecule has 1 aliphatic heterocycles. The maximum absolute atomic E-state index is 10.9. The van der Waals surface area contributed by atoms with Crippen molar-refractivity contribution < 1.29 is 9.59 Å². The van der Waals surface area contributed by atoms with Gasteiger partial charge < -0.3 is 0 Å². The lowest BCUT2D eigenvalue weighted by atomic mass is 10.2. The largest absolute Gasteiger partial charge is 0.297 e. The van der Waals surface area contributed by atoms with Gasteiger partial charge in [-0.15, -0.1) is 5.10 Å². The van der Waals surface area contributed by atoms with Crippen molar-refractivity contribution in [2.24, 2.45) is 10.2 Å². The van der Waals surface area contributed by atoms with Gasteiger partial charge in [0, 0.05) is 6.21 Å². The van der Waals surface area contributed by atoms with Crippen LogP contribution < -0.4 is 5.32 Å². The number of hydrogen-bond acceptors (Lipinski definition) is 4. The summed E-state index contributed by atoms with van der Waals surface area (Å²) in [5.74, 6) is -0.310. The first-order chi connectivity index (χ1) is 5.20. The van der Waals surface area contributed by atoms with E-state index < -0.39 is 5.24 Å². The number of rotatable bonds is 0. The first-order valence-corrected chi connectivity index (χ1v) is 3.27. The average molecular weight is 171 g/mol. The highest BCUT2D eigenvalue weighted by Crippen LogP contribution is 1.92. The molecule has 0 saturated heterocycles. The summed E-state index contributed by atoms with van der Waals surface area (Å²) >= 11 is 3.41. The lowest BCUT2D eigenvalue weighted by Gasteiger charge is -2.03. The van der Waals surface area contributed by atoms with Crippen molar-refractivity contribution in [1.29, 1.82) is 0 Å². The number of ketones is 1. The molecule has 1 aliphatic rings. The molecule has 1 rings (SSSR count). The molecule has 0 atom stereocenters. The van der Waals surface area contributed by atoms with Crippen molar-refractivity contribution in [3.05, 3.63) is 0 Å². The predicted molar refractivity (Wildman–Crippen MR) is 43.1 cm³/mol. The zero-order valence-electron chi connectivity index (χ0n) is 5.44. The van der Waals surface area contributed by atoms with Gasteiger partial charge in [0.25, 0.3) is 5.24 Å². The second-order valence-electron chi connectivity index (χ2n) is 1.80. The minimum atomic E-state index is -0.616. The van der Waals surface area contributed by atoms with E-state index in [0.717, 1.165) is 0 Å². The second-order valence-corrected chi connectivity index (χ2v) is 2.21. The van der Waals surface area contributed by atoms with E-state index in [1.165, 1.54) is 6.21 Å². The predicted octanol–water partition coefficient (Wildman–Crippen LogP) is -0.0171. The maximum atomic E-state index is 10.9. The second kappa shape index (κ2) is 3.29. The summed E-state index contributed by atoms with van der Waals surface area (Å²) in [5.41, 5.74) is 0. The fraction of sp³-hybridized carbons (Fsp3) is 0.200. The highest BCUT2D eigenvalue weighted by Gasteiger charge is 2.14. The molecular formula is C5H5N3O2S. The molecule has 6 heteroatoms. The molecule has 0 aromatic rings. The number of carbonyl (C=O) groups is 2. The molecule has 1 amide bonds. The zero-order chi connectivity index (χ0) is 8.27. The fourth-order valence-corrected chi connectivity index (χ4v) is 0.677. The molecule has 0 aliphatic carbocycles. The van der Waals surface area contributed by atoms with Gasteiger partial charge >= 0.3 is 0 Å². The van der Waals surface area contributed by atoms with Crippen molar-refractivity contribution in [3.63, 3.8) is 0 Å². The first kappa shape index (κ1) is 7.93. The lowest BCUT2D eigenvalue weighted by molar-refractivity contribution is -0.112. The number of nitrogens with one attached hydrogen (secondary N) is 1. The molecule has 0 fully saturated rings. The molecule has 0 bridgehead atoms. The van der Waals surface area contributed by atoms with Crippen molar-refractivity contribution in [1.82, 2.24) is 5.32 Å². The van der Waals surface area contributed by atoms with Gasteiger partial charge in [-0.3, -0.25) is 14.9 Å². The van der Waals surface area contributed by atoms with Gasteiger partial charge in [0.05, 0.1) is 6.42 Å². The summed E-state index contributed by atoms with van der Waals surface area (Å²) in [6.07, 6.45) is 1.55. The Balaban J connectivity index is 2.68. The van der Waals surface area contributed by atoms with E-state index in [1.54, 1.807) is 0 Å². The number of hydrogen-bond donors (Lipinski definition) is 2. The molecule has 11 heavy (non-hydrogen) atoms. The van der Waals surface area contributed by atoms with Crippen LogP contribution in [-0.4, -0.2) is 23.1 Å². The Morgan fingerprint density at radius 2 is 2.45 bits per heavy atom. The minimum Gasteiger partial charge on any atom is -0.297 e. The monoisotopic (exact) mass is 171 g/mol. The van der Waals surface area contributed by atoms with Crippen molar-refractivity contribution in [3.8, 4) is 0 Å². The van der Waals surface area contributed by atoms with E-state index in [4.69, 9.17) is 0 Å². The summed E-state index contributed by atoms with van der Waals surface area (Å²) in [5, 5.41) is 8.39. The van der Waals surface area contributed by atoms with E-state index in [1.807, 2.05) is 0 Å². The third-order valence-corrected chi connectivity index (χ3v) is 1.12. The Morgan fingerprint density at radius 1 is 1.73 bits per heavy atom. The van der Waals surface area contributed by atoms with Gasteiger partial charge in [0.15, 0.2) is 5.84 Å². The topological polar surface area (TPSA) is 70.9 Å². The molecule has 0 radical (unpaired) electrons. The fourth-order valence-electron chi connectivity index (χ4n) is 0.571. The summed E-state index contributed by atoms with van der Waals surface area (Å²) in [6.45, 7) is 0. The number of amides is 1. The molecule has 0 aromatic carbocycles. The molecule has 1 N–H and O–H groups in total. The molecular weight excluding hydrogens is 166 g/mol. The first-order valence-electron chi connectivity index (χ1n) is 2.83. The number of carbonyl (C=O) groups excluding carboxylic acids is 2. The third kappa shape index (κ3) is 2.15. The van der Waals surface area contributed by atoms with E-state index >= 15 is 0 Å². The van der Waals surface area contributed by atoms with Crippen LogP contribution in [0.15, 0.2) is 10.2 Å². The summed E-state index contributed by atoms with van der Waals surface area (Å²) in [7, 11) is 0. The maximum Gasteiger partial charge on any atom is 0.281 e. The van der Waals surface area contributed by atoms with Crippen molar-refractivity contribution >= 4 is 35.7 Å². The van der Waals surface area contributed by atoms with Crippen LogP contribution in [-0.2, 0) is 4.79 Å². The molecule has 0 unspecified atom stereocenters. The zero-order valence-corrected chi connectivity index (χ0v) is 6.34. The molecule has 0 aromatic heterocycles. The molecule has 58 valence electrons. The normalized spacial score (nSPS) is 16.1. The van der Waals surface area contributed by atoms with E-state index in [2.05, 4.69) is 28.1 Å². The van der Waals surface area contributed by atoms with Crippen LogP contribution >= 0.6 is 12.6 Å².